The Morgan fingerprint density at radius 3 is 2.52 bits per heavy atom. The zero-order chi connectivity index (χ0) is 16.1. The van der Waals surface area contributed by atoms with Gasteiger partial charge in [-0.2, -0.15) is 0 Å². The molecule has 0 unspecified atom stereocenters. The standard InChI is InChI=1S/C17H21N5O/c18-12-16-11-14(4-6-20-16)17(23)22-9-7-21(8-10-22)13-15-3-1-2-5-19-15/h1-6,11H,7-10,12-13,18H2. The molecule has 3 heterocycles. The minimum Gasteiger partial charge on any atom is -0.336 e. The van der Waals surface area contributed by atoms with Gasteiger partial charge < -0.3 is 10.6 Å². The molecule has 1 fully saturated rings. The van der Waals surface area contributed by atoms with Crippen LogP contribution in [0.25, 0.3) is 0 Å². The number of amides is 1. The van der Waals surface area contributed by atoms with Crippen LogP contribution in [0.15, 0.2) is 42.7 Å². The summed E-state index contributed by atoms with van der Waals surface area (Å²) in [6.07, 6.45) is 3.46. The van der Waals surface area contributed by atoms with Gasteiger partial charge in [-0.15, -0.1) is 0 Å². The fraction of sp³-hybridized carbons (Fsp3) is 0.353. The van der Waals surface area contributed by atoms with Gasteiger partial charge in [-0.3, -0.25) is 19.7 Å². The van der Waals surface area contributed by atoms with Gasteiger partial charge >= 0.3 is 0 Å². The zero-order valence-corrected chi connectivity index (χ0v) is 13.1. The zero-order valence-electron chi connectivity index (χ0n) is 13.1. The highest BCUT2D eigenvalue weighted by atomic mass is 16.2. The van der Waals surface area contributed by atoms with Crippen molar-refractivity contribution in [1.82, 2.24) is 19.8 Å². The molecule has 1 aliphatic rings. The van der Waals surface area contributed by atoms with Crippen molar-refractivity contribution in [1.29, 1.82) is 0 Å². The molecular formula is C17H21N5O. The number of rotatable bonds is 4. The Morgan fingerprint density at radius 1 is 1.04 bits per heavy atom. The maximum atomic E-state index is 12.6. The van der Waals surface area contributed by atoms with Crippen molar-refractivity contribution < 1.29 is 4.79 Å². The number of carbonyl (C=O) groups is 1. The van der Waals surface area contributed by atoms with E-state index >= 15 is 0 Å². The maximum absolute atomic E-state index is 12.6. The van der Waals surface area contributed by atoms with E-state index in [4.69, 9.17) is 5.73 Å². The van der Waals surface area contributed by atoms with Gasteiger partial charge in [0.2, 0.25) is 0 Å². The molecule has 0 saturated carbocycles. The Kier molecular flexibility index (Phi) is 4.95. The largest absolute Gasteiger partial charge is 0.336 e. The molecule has 0 aromatic carbocycles. The number of hydrogen-bond donors (Lipinski definition) is 1. The number of carbonyl (C=O) groups excluding carboxylic acids is 1. The van der Waals surface area contributed by atoms with Gasteiger partial charge in [-0.25, -0.2) is 0 Å². The van der Waals surface area contributed by atoms with E-state index in [1.165, 1.54) is 0 Å². The van der Waals surface area contributed by atoms with Crippen molar-refractivity contribution in [2.75, 3.05) is 26.2 Å². The third-order valence-corrected chi connectivity index (χ3v) is 4.04. The van der Waals surface area contributed by atoms with Crippen LogP contribution in [0.5, 0.6) is 0 Å². The van der Waals surface area contributed by atoms with Gasteiger partial charge in [0.1, 0.15) is 0 Å². The first-order valence-electron chi connectivity index (χ1n) is 7.83. The number of piperazine rings is 1. The SMILES string of the molecule is NCc1cc(C(=O)N2CCN(Cc3ccccn3)CC2)ccn1. The van der Waals surface area contributed by atoms with Crippen molar-refractivity contribution >= 4 is 5.91 Å². The smallest absolute Gasteiger partial charge is 0.254 e. The Balaban J connectivity index is 1.57. The summed E-state index contributed by atoms with van der Waals surface area (Å²) in [6.45, 7) is 4.35. The van der Waals surface area contributed by atoms with Crippen LogP contribution in [-0.2, 0) is 13.1 Å². The lowest BCUT2D eigenvalue weighted by Gasteiger charge is -2.34. The van der Waals surface area contributed by atoms with E-state index in [1.54, 1.807) is 18.3 Å². The first-order chi connectivity index (χ1) is 11.3. The molecule has 6 heteroatoms. The first-order valence-corrected chi connectivity index (χ1v) is 7.83. The minimum atomic E-state index is 0.0552. The van der Waals surface area contributed by atoms with Crippen molar-refractivity contribution in [2.45, 2.75) is 13.1 Å². The Labute approximate surface area is 135 Å². The Hall–Kier alpha value is -2.31. The number of hydrogen-bond acceptors (Lipinski definition) is 5. The van der Waals surface area contributed by atoms with Gasteiger partial charge in [-0.05, 0) is 24.3 Å². The monoisotopic (exact) mass is 311 g/mol. The van der Waals surface area contributed by atoms with Gasteiger partial charge in [0.05, 0.1) is 11.4 Å². The summed E-state index contributed by atoms with van der Waals surface area (Å²) in [7, 11) is 0. The van der Waals surface area contributed by atoms with E-state index in [-0.39, 0.29) is 5.91 Å². The van der Waals surface area contributed by atoms with Crippen LogP contribution in [0, 0.1) is 0 Å². The fourth-order valence-electron chi connectivity index (χ4n) is 2.74. The van der Waals surface area contributed by atoms with Crippen molar-refractivity contribution in [3.63, 3.8) is 0 Å². The fourth-order valence-corrected chi connectivity index (χ4v) is 2.74. The maximum Gasteiger partial charge on any atom is 0.254 e. The normalized spacial score (nSPS) is 15.6. The molecule has 0 radical (unpaired) electrons. The van der Waals surface area contributed by atoms with Crippen molar-refractivity contribution in [2.24, 2.45) is 5.73 Å². The Bertz CT molecular complexity index is 653. The molecule has 2 aromatic heterocycles. The van der Waals surface area contributed by atoms with E-state index in [0.29, 0.717) is 12.1 Å². The lowest BCUT2D eigenvalue weighted by molar-refractivity contribution is 0.0627. The van der Waals surface area contributed by atoms with E-state index in [9.17, 15) is 4.79 Å². The molecule has 1 saturated heterocycles. The number of nitrogens with zero attached hydrogens (tertiary/aromatic N) is 4. The average molecular weight is 311 g/mol. The van der Waals surface area contributed by atoms with Crippen LogP contribution in [0.1, 0.15) is 21.7 Å². The number of pyridine rings is 2. The number of nitrogens with two attached hydrogens (primary N) is 1. The molecule has 120 valence electrons. The third-order valence-electron chi connectivity index (χ3n) is 4.04. The van der Waals surface area contributed by atoms with Crippen molar-refractivity contribution in [3.05, 3.63) is 59.7 Å². The highest BCUT2D eigenvalue weighted by molar-refractivity contribution is 5.94. The molecule has 1 amide bonds. The second-order valence-electron chi connectivity index (χ2n) is 5.63. The molecule has 2 N–H and O–H groups in total. The van der Waals surface area contributed by atoms with Crippen LogP contribution in [0.4, 0.5) is 0 Å². The molecule has 3 rings (SSSR count). The summed E-state index contributed by atoms with van der Waals surface area (Å²) in [5.41, 5.74) is 8.06. The first kappa shape index (κ1) is 15.6. The molecule has 0 aliphatic carbocycles. The second-order valence-corrected chi connectivity index (χ2v) is 5.63. The molecule has 2 aromatic rings. The van der Waals surface area contributed by atoms with E-state index in [2.05, 4.69) is 14.9 Å². The third kappa shape index (κ3) is 3.91. The predicted molar refractivity (Wildman–Crippen MR) is 87.5 cm³/mol. The average Bonchev–Trinajstić information content (AvgIpc) is 2.63. The summed E-state index contributed by atoms with van der Waals surface area (Å²) < 4.78 is 0. The van der Waals surface area contributed by atoms with Gasteiger partial charge in [0, 0.05) is 57.2 Å². The number of aromatic nitrogens is 2. The molecule has 0 spiro atoms. The second kappa shape index (κ2) is 7.30. The van der Waals surface area contributed by atoms with Crippen LogP contribution >= 0.6 is 0 Å². The Morgan fingerprint density at radius 2 is 1.83 bits per heavy atom. The highest BCUT2D eigenvalue weighted by Crippen LogP contribution is 2.11. The van der Waals surface area contributed by atoms with E-state index in [1.807, 2.05) is 29.3 Å². The molecule has 0 atom stereocenters. The molecular weight excluding hydrogens is 290 g/mol. The summed E-state index contributed by atoms with van der Waals surface area (Å²) >= 11 is 0. The van der Waals surface area contributed by atoms with Crippen LogP contribution in [-0.4, -0.2) is 51.9 Å². The quantitative estimate of drug-likeness (QED) is 0.908. The topological polar surface area (TPSA) is 75.4 Å². The molecule has 0 bridgehead atoms. The van der Waals surface area contributed by atoms with E-state index in [0.717, 1.165) is 44.1 Å². The van der Waals surface area contributed by atoms with E-state index < -0.39 is 0 Å². The summed E-state index contributed by atoms with van der Waals surface area (Å²) in [5, 5.41) is 0. The highest BCUT2D eigenvalue weighted by Gasteiger charge is 2.22. The van der Waals surface area contributed by atoms with Gasteiger partial charge in [-0.1, -0.05) is 6.07 Å². The summed E-state index contributed by atoms with van der Waals surface area (Å²) in [5.74, 6) is 0.0552. The minimum absolute atomic E-state index is 0.0552. The summed E-state index contributed by atoms with van der Waals surface area (Å²) in [6, 6.07) is 9.48. The lowest BCUT2D eigenvalue weighted by atomic mass is 10.2. The van der Waals surface area contributed by atoms with Crippen LogP contribution in [0.2, 0.25) is 0 Å². The summed E-state index contributed by atoms with van der Waals surface area (Å²) in [4.78, 5) is 25.3. The lowest BCUT2D eigenvalue weighted by Crippen LogP contribution is -2.48. The molecule has 1 aliphatic heterocycles. The van der Waals surface area contributed by atoms with Crippen LogP contribution < -0.4 is 5.73 Å². The van der Waals surface area contributed by atoms with Crippen LogP contribution in [0.3, 0.4) is 0 Å². The van der Waals surface area contributed by atoms with Gasteiger partial charge in [0.25, 0.3) is 5.91 Å². The predicted octanol–water partition coefficient (Wildman–Crippen LogP) is 0.893. The van der Waals surface area contributed by atoms with Crippen molar-refractivity contribution in [3.8, 4) is 0 Å². The van der Waals surface area contributed by atoms with Gasteiger partial charge in [0.15, 0.2) is 0 Å². The molecule has 6 nitrogen and oxygen atoms in total. The molecule has 23 heavy (non-hydrogen) atoms.